The summed E-state index contributed by atoms with van der Waals surface area (Å²) in [6.07, 6.45) is 3.38. The van der Waals surface area contributed by atoms with Crippen LogP contribution >= 0.6 is 0 Å². The molecule has 0 aliphatic carbocycles. The van der Waals surface area contributed by atoms with Crippen LogP contribution in [0.5, 0.6) is 17.2 Å². The van der Waals surface area contributed by atoms with Crippen LogP contribution in [0.1, 0.15) is 12.5 Å². The molecule has 0 unspecified atom stereocenters. The summed E-state index contributed by atoms with van der Waals surface area (Å²) in [4.78, 5) is 14.0. The maximum absolute atomic E-state index is 12.3. The topological polar surface area (TPSA) is 57.2 Å². The van der Waals surface area contributed by atoms with Gasteiger partial charge in [0, 0.05) is 19.2 Å². The molecule has 1 fully saturated rings. The Morgan fingerprint density at radius 2 is 1.76 bits per heavy atom. The van der Waals surface area contributed by atoms with Gasteiger partial charge >= 0.3 is 0 Å². The standard InChI is InChI=1S/C23H27NO5/c1-2-27-22-18-19(9-11-23(25)24-12-14-26-15-13-24)8-10-21(22)29-17-16-28-20-6-4-3-5-7-20/h3-11,18H,2,12-17H2,1H3. The Labute approximate surface area is 171 Å². The summed E-state index contributed by atoms with van der Waals surface area (Å²) in [6.45, 7) is 5.73. The third kappa shape index (κ3) is 6.54. The van der Waals surface area contributed by atoms with Crippen LogP contribution in [0.25, 0.3) is 6.08 Å². The lowest BCUT2D eigenvalue weighted by molar-refractivity contribution is -0.129. The molecule has 154 valence electrons. The van der Waals surface area contributed by atoms with Crippen molar-refractivity contribution in [3.63, 3.8) is 0 Å². The Morgan fingerprint density at radius 3 is 2.52 bits per heavy atom. The van der Waals surface area contributed by atoms with Crippen molar-refractivity contribution in [3.8, 4) is 17.2 Å². The van der Waals surface area contributed by atoms with E-state index >= 15 is 0 Å². The number of benzene rings is 2. The minimum absolute atomic E-state index is 0.00959. The first-order chi connectivity index (χ1) is 14.3. The summed E-state index contributed by atoms with van der Waals surface area (Å²) in [5.74, 6) is 2.10. The molecular formula is C23H27NO5. The van der Waals surface area contributed by atoms with Gasteiger partial charge in [0.05, 0.1) is 19.8 Å². The molecule has 0 atom stereocenters. The molecule has 2 aromatic rings. The van der Waals surface area contributed by atoms with Gasteiger partial charge < -0.3 is 23.8 Å². The fourth-order valence-corrected chi connectivity index (χ4v) is 2.90. The highest BCUT2D eigenvalue weighted by atomic mass is 16.5. The molecule has 1 amide bonds. The molecule has 0 spiro atoms. The molecule has 0 aromatic heterocycles. The van der Waals surface area contributed by atoms with E-state index in [2.05, 4.69) is 0 Å². The molecule has 0 bridgehead atoms. The first-order valence-electron chi connectivity index (χ1n) is 9.88. The number of rotatable bonds is 9. The van der Waals surface area contributed by atoms with E-state index in [-0.39, 0.29) is 5.91 Å². The van der Waals surface area contributed by atoms with Crippen molar-refractivity contribution in [3.05, 3.63) is 60.2 Å². The average molecular weight is 397 g/mol. The van der Waals surface area contributed by atoms with Crippen molar-refractivity contribution >= 4 is 12.0 Å². The first kappa shape index (κ1) is 20.7. The van der Waals surface area contributed by atoms with Gasteiger partial charge in [-0.1, -0.05) is 24.3 Å². The van der Waals surface area contributed by atoms with E-state index in [9.17, 15) is 4.79 Å². The monoisotopic (exact) mass is 397 g/mol. The predicted octanol–water partition coefficient (Wildman–Crippen LogP) is 3.42. The van der Waals surface area contributed by atoms with Crippen molar-refractivity contribution in [1.82, 2.24) is 4.90 Å². The zero-order valence-corrected chi connectivity index (χ0v) is 16.7. The fraction of sp³-hybridized carbons (Fsp3) is 0.348. The van der Waals surface area contributed by atoms with E-state index in [1.165, 1.54) is 0 Å². The number of carbonyl (C=O) groups excluding carboxylic acids is 1. The molecular weight excluding hydrogens is 370 g/mol. The highest BCUT2D eigenvalue weighted by Gasteiger charge is 2.14. The van der Waals surface area contributed by atoms with Gasteiger partial charge in [0.15, 0.2) is 11.5 Å². The largest absolute Gasteiger partial charge is 0.490 e. The number of nitrogens with zero attached hydrogens (tertiary/aromatic N) is 1. The van der Waals surface area contributed by atoms with Crippen LogP contribution in [0.15, 0.2) is 54.6 Å². The zero-order valence-electron chi connectivity index (χ0n) is 16.7. The molecule has 6 heteroatoms. The Kier molecular flexibility index (Phi) is 7.95. The second kappa shape index (κ2) is 11.1. The molecule has 6 nitrogen and oxygen atoms in total. The molecule has 29 heavy (non-hydrogen) atoms. The highest BCUT2D eigenvalue weighted by Crippen LogP contribution is 2.29. The molecule has 0 saturated carbocycles. The van der Waals surface area contributed by atoms with Gasteiger partial charge in [-0.3, -0.25) is 4.79 Å². The first-order valence-corrected chi connectivity index (χ1v) is 9.88. The Hall–Kier alpha value is -2.99. The summed E-state index contributed by atoms with van der Waals surface area (Å²) < 4.78 is 22.5. The van der Waals surface area contributed by atoms with Crippen molar-refractivity contribution < 1.29 is 23.7 Å². The summed E-state index contributed by atoms with van der Waals surface area (Å²) in [6, 6.07) is 15.3. The zero-order chi connectivity index (χ0) is 20.3. The molecule has 0 radical (unpaired) electrons. The summed E-state index contributed by atoms with van der Waals surface area (Å²) in [5, 5.41) is 0. The van der Waals surface area contributed by atoms with Crippen molar-refractivity contribution in [2.45, 2.75) is 6.92 Å². The summed E-state index contributed by atoms with van der Waals surface area (Å²) in [7, 11) is 0. The van der Waals surface area contributed by atoms with Crippen LogP contribution in [-0.4, -0.2) is 56.9 Å². The molecule has 1 saturated heterocycles. The van der Waals surface area contributed by atoms with Crippen LogP contribution in [0.4, 0.5) is 0 Å². The average Bonchev–Trinajstić information content (AvgIpc) is 2.77. The lowest BCUT2D eigenvalue weighted by Gasteiger charge is -2.25. The number of para-hydroxylation sites is 1. The van der Waals surface area contributed by atoms with E-state index in [0.29, 0.717) is 57.6 Å². The molecule has 1 aliphatic rings. The normalized spacial score (nSPS) is 14.0. The van der Waals surface area contributed by atoms with Crippen molar-refractivity contribution in [2.24, 2.45) is 0 Å². The maximum Gasteiger partial charge on any atom is 0.246 e. The van der Waals surface area contributed by atoms with E-state index in [1.807, 2.05) is 55.5 Å². The minimum Gasteiger partial charge on any atom is -0.490 e. The number of hydrogen-bond donors (Lipinski definition) is 0. The quantitative estimate of drug-likeness (QED) is 0.479. The number of amides is 1. The van der Waals surface area contributed by atoms with E-state index in [1.54, 1.807) is 17.1 Å². The fourth-order valence-electron chi connectivity index (χ4n) is 2.90. The Morgan fingerprint density at radius 1 is 1.00 bits per heavy atom. The van der Waals surface area contributed by atoms with E-state index in [4.69, 9.17) is 18.9 Å². The smallest absolute Gasteiger partial charge is 0.246 e. The second-order valence-corrected chi connectivity index (χ2v) is 6.42. The van der Waals surface area contributed by atoms with Crippen LogP contribution < -0.4 is 14.2 Å². The number of hydrogen-bond acceptors (Lipinski definition) is 5. The second-order valence-electron chi connectivity index (χ2n) is 6.42. The van der Waals surface area contributed by atoms with Gasteiger partial charge in [-0.05, 0) is 42.8 Å². The summed E-state index contributed by atoms with van der Waals surface area (Å²) in [5.41, 5.74) is 0.878. The van der Waals surface area contributed by atoms with Gasteiger partial charge in [0.1, 0.15) is 19.0 Å². The van der Waals surface area contributed by atoms with Gasteiger partial charge in [0.25, 0.3) is 0 Å². The maximum atomic E-state index is 12.3. The number of carbonyl (C=O) groups is 1. The van der Waals surface area contributed by atoms with Crippen LogP contribution in [0.2, 0.25) is 0 Å². The van der Waals surface area contributed by atoms with Gasteiger partial charge in [-0.2, -0.15) is 0 Å². The van der Waals surface area contributed by atoms with Crippen molar-refractivity contribution in [2.75, 3.05) is 46.1 Å². The third-order valence-electron chi connectivity index (χ3n) is 4.36. The van der Waals surface area contributed by atoms with Crippen LogP contribution in [-0.2, 0) is 9.53 Å². The highest BCUT2D eigenvalue weighted by molar-refractivity contribution is 5.91. The Balaban J connectivity index is 1.56. The van der Waals surface area contributed by atoms with Gasteiger partial charge in [-0.25, -0.2) is 0 Å². The van der Waals surface area contributed by atoms with Gasteiger partial charge in [-0.15, -0.1) is 0 Å². The number of ether oxygens (including phenoxy) is 4. The van der Waals surface area contributed by atoms with Crippen LogP contribution in [0.3, 0.4) is 0 Å². The predicted molar refractivity (Wildman–Crippen MR) is 111 cm³/mol. The lowest BCUT2D eigenvalue weighted by Crippen LogP contribution is -2.39. The third-order valence-corrected chi connectivity index (χ3v) is 4.36. The lowest BCUT2D eigenvalue weighted by atomic mass is 10.2. The van der Waals surface area contributed by atoms with Gasteiger partial charge in [0.2, 0.25) is 5.91 Å². The van der Waals surface area contributed by atoms with Crippen molar-refractivity contribution in [1.29, 1.82) is 0 Å². The molecule has 1 heterocycles. The van der Waals surface area contributed by atoms with Crippen LogP contribution in [0, 0.1) is 0 Å². The SMILES string of the molecule is CCOc1cc(C=CC(=O)N2CCOCC2)ccc1OCCOc1ccccc1. The van der Waals surface area contributed by atoms with E-state index in [0.717, 1.165) is 11.3 Å². The number of morpholine rings is 1. The van der Waals surface area contributed by atoms with E-state index < -0.39 is 0 Å². The minimum atomic E-state index is -0.00959. The molecule has 0 N–H and O–H groups in total. The molecule has 1 aliphatic heterocycles. The summed E-state index contributed by atoms with van der Waals surface area (Å²) >= 11 is 0. The Bertz CT molecular complexity index is 800. The molecule has 2 aromatic carbocycles. The molecule has 3 rings (SSSR count).